The summed E-state index contributed by atoms with van der Waals surface area (Å²) in [4.78, 5) is 13.7. The Balaban J connectivity index is 1.45. The van der Waals surface area contributed by atoms with Gasteiger partial charge in [0.1, 0.15) is 11.2 Å². The lowest BCUT2D eigenvalue weighted by Crippen LogP contribution is -2.33. The fourth-order valence-corrected chi connectivity index (χ4v) is 4.50. The Labute approximate surface area is 172 Å². The van der Waals surface area contributed by atoms with Crippen LogP contribution < -0.4 is 5.32 Å². The van der Waals surface area contributed by atoms with Crippen LogP contribution in [0.5, 0.6) is 0 Å². The van der Waals surface area contributed by atoms with Crippen LogP contribution in [0.3, 0.4) is 0 Å². The standard InChI is InChI=1S/C22H18N6S/c1-2-4-14(5-3-1)16-12-18-20(25-17-6-7-17)28-22(29-21(18)24-13-16)26-19(27-28)15-8-10-23-11-9-15/h1-5,8-13,17,20,25H,6-7H2/t20-/m1/s1. The molecule has 1 fully saturated rings. The van der Waals surface area contributed by atoms with Crippen LogP contribution in [-0.4, -0.2) is 30.8 Å². The molecule has 0 spiro atoms. The maximum absolute atomic E-state index is 4.85. The third-order valence-electron chi connectivity index (χ3n) is 5.22. The Kier molecular flexibility index (Phi) is 3.95. The molecule has 0 bridgehead atoms. The van der Waals surface area contributed by atoms with Crippen molar-refractivity contribution >= 4 is 11.8 Å². The van der Waals surface area contributed by atoms with Gasteiger partial charge < -0.3 is 0 Å². The number of hydrogen-bond acceptors (Lipinski definition) is 6. The van der Waals surface area contributed by atoms with Crippen molar-refractivity contribution in [2.24, 2.45) is 0 Å². The van der Waals surface area contributed by atoms with Gasteiger partial charge in [-0.1, -0.05) is 30.3 Å². The highest BCUT2D eigenvalue weighted by Gasteiger charge is 2.34. The van der Waals surface area contributed by atoms with Gasteiger partial charge in [0.25, 0.3) is 0 Å². The Bertz CT molecular complexity index is 1170. The van der Waals surface area contributed by atoms with E-state index >= 15 is 0 Å². The van der Waals surface area contributed by atoms with Crippen molar-refractivity contribution in [3.05, 3.63) is 72.7 Å². The van der Waals surface area contributed by atoms with Crippen LogP contribution in [0.15, 0.2) is 77.3 Å². The van der Waals surface area contributed by atoms with Gasteiger partial charge in [0.05, 0.1) is 0 Å². The Morgan fingerprint density at radius 2 is 1.79 bits per heavy atom. The molecule has 0 radical (unpaired) electrons. The van der Waals surface area contributed by atoms with Crippen molar-refractivity contribution < 1.29 is 0 Å². The summed E-state index contributed by atoms with van der Waals surface area (Å²) in [5.74, 6) is 0.716. The van der Waals surface area contributed by atoms with E-state index in [1.165, 1.54) is 18.4 Å². The highest BCUT2D eigenvalue weighted by atomic mass is 32.2. The highest BCUT2D eigenvalue weighted by molar-refractivity contribution is 7.99. The lowest BCUT2D eigenvalue weighted by molar-refractivity contribution is 0.384. The monoisotopic (exact) mass is 398 g/mol. The summed E-state index contributed by atoms with van der Waals surface area (Å²) in [6, 6.07) is 17.0. The molecule has 0 saturated heterocycles. The SMILES string of the molecule is c1ccc(-c2cnc3c(c2)[C@H](NC2CC2)n2nc(-c4ccncc4)nc2S3)cc1. The van der Waals surface area contributed by atoms with Crippen molar-refractivity contribution in [2.75, 3.05) is 0 Å². The zero-order valence-corrected chi connectivity index (χ0v) is 16.4. The smallest absolute Gasteiger partial charge is 0.194 e. The number of pyridine rings is 2. The van der Waals surface area contributed by atoms with Crippen molar-refractivity contribution in [3.63, 3.8) is 0 Å². The first-order valence-corrected chi connectivity index (χ1v) is 10.5. The summed E-state index contributed by atoms with van der Waals surface area (Å²) in [6.45, 7) is 0. The first-order valence-electron chi connectivity index (χ1n) is 9.71. The lowest BCUT2D eigenvalue weighted by atomic mass is 10.0. The molecule has 2 aliphatic rings. The molecule has 142 valence electrons. The van der Waals surface area contributed by atoms with Gasteiger partial charge in [-0.2, -0.15) is 0 Å². The number of nitrogens with zero attached hydrogens (tertiary/aromatic N) is 5. The van der Waals surface area contributed by atoms with Crippen molar-refractivity contribution in [1.29, 1.82) is 0 Å². The molecule has 1 saturated carbocycles. The number of fused-ring (bicyclic) bond motifs is 2. The zero-order chi connectivity index (χ0) is 19.2. The fourth-order valence-electron chi connectivity index (χ4n) is 3.56. The summed E-state index contributed by atoms with van der Waals surface area (Å²) in [5.41, 5.74) is 4.40. The van der Waals surface area contributed by atoms with E-state index < -0.39 is 0 Å². The average Bonchev–Trinajstić information content (AvgIpc) is 3.50. The van der Waals surface area contributed by atoms with E-state index in [0.717, 1.165) is 26.9 Å². The molecule has 3 aromatic heterocycles. The van der Waals surface area contributed by atoms with Crippen LogP contribution in [0.2, 0.25) is 0 Å². The van der Waals surface area contributed by atoms with Gasteiger partial charge in [-0.15, -0.1) is 5.10 Å². The number of hydrogen-bond donors (Lipinski definition) is 1. The fraction of sp³-hybridized carbons (Fsp3) is 0.182. The Morgan fingerprint density at radius 3 is 2.59 bits per heavy atom. The molecular formula is C22H18N6S. The topological polar surface area (TPSA) is 68.5 Å². The van der Waals surface area contributed by atoms with E-state index in [1.54, 1.807) is 24.2 Å². The van der Waals surface area contributed by atoms with E-state index in [1.807, 2.05) is 29.1 Å². The van der Waals surface area contributed by atoms with E-state index in [2.05, 4.69) is 40.6 Å². The molecule has 1 aliphatic heterocycles. The van der Waals surface area contributed by atoms with Crippen LogP contribution in [-0.2, 0) is 0 Å². The summed E-state index contributed by atoms with van der Waals surface area (Å²) in [6.07, 6.45) is 7.83. The Hall–Kier alpha value is -3.03. The summed E-state index contributed by atoms with van der Waals surface area (Å²) in [5, 5.41) is 10.4. The third-order valence-corrected chi connectivity index (χ3v) is 6.22. The van der Waals surface area contributed by atoms with Crippen LogP contribution >= 0.6 is 11.8 Å². The predicted molar refractivity (Wildman–Crippen MR) is 111 cm³/mol. The van der Waals surface area contributed by atoms with Crippen LogP contribution in [0.1, 0.15) is 24.6 Å². The molecule has 4 aromatic rings. The minimum atomic E-state index is -0.0620. The van der Waals surface area contributed by atoms with E-state index in [-0.39, 0.29) is 6.17 Å². The van der Waals surface area contributed by atoms with Gasteiger partial charge >= 0.3 is 0 Å². The molecule has 0 amide bonds. The second-order valence-electron chi connectivity index (χ2n) is 7.33. The van der Waals surface area contributed by atoms with Gasteiger partial charge in [0.2, 0.25) is 0 Å². The van der Waals surface area contributed by atoms with E-state index in [0.29, 0.717) is 11.9 Å². The second-order valence-corrected chi connectivity index (χ2v) is 8.28. The molecule has 1 aliphatic carbocycles. The molecule has 0 unspecified atom stereocenters. The van der Waals surface area contributed by atoms with Gasteiger partial charge in [0.15, 0.2) is 11.0 Å². The maximum Gasteiger partial charge on any atom is 0.194 e. The molecular weight excluding hydrogens is 380 g/mol. The van der Waals surface area contributed by atoms with Crippen molar-refractivity contribution in [1.82, 2.24) is 30.0 Å². The molecule has 1 atom stereocenters. The zero-order valence-electron chi connectivity index (χ0n) is 15.6. The Morgan fingerprint density at radius 1 is 0.966 bits per heavy atom. The van der Waals surface area contributed by atoms with Crippen LogP contribution in [0, 0.1) is 0 Å². The van der Waals surface area contributed by atoms with Crippen LogP contribution in [0.4, 0.5) is 0 Å². The third kappa shape index (κ3) is 3.12. The predicted octanol–water partition coefficient (Wildman–Crippen LogP) is 4.17. The highest BCUT2D eigenvalue weighted by Crippen LogP contribution is 2.41. The molecule has 7 heteroatoms. The normalized spacial score (nSPS) is 17.6. The molecule has 29 heavy (non-hydrogen) atoms. The second kappa shape index (κ2) is 6.79. The molecule has 6 nitrogen and oxygen atoms in total. The van der Waals surface area contributed by atoms with Gasteiger partial charge in [-0.3, -0.25) is 10.3 Å². The summed E-state index contributed by atoms with van der Waals surface area (Å²) in [7, 11) is 0. The number of benzene rings is 1. The molecule has 4 heterocycles. The number of aromatic nitrogens is 5. The van der Waals surface area contributed by atoms with Gasteiger partial charge in [-0.05, 0) is 48.4 Å². The molecule has 1 aromatic carbocycles. The van der Waals surface area contributed by atoms with Crippen molar-refractivity contribution in [2.45, 2.75) is 35.2 Å². The van der Waals surface area contributed by atoms with Crippen molar-refractivity contribution in [3.8, 4) is 22.5 Å². The lowest BCUT2D eigenvalue weighted by Gasteiger charge is -2.26. The molecule has 1 N–H and O–H groups in total. The summed E-state index contributed by atoms with van der Waals surface area (Å²) >= 11 is 1.58. The number of nitrogens with one attached hydrogen (secondary N) is 1. The first-order chi connectivity index (χ1) is 14.3. The van der Waals surface area contributed by atoms with E-state index in [4.69, 9.17) is 15.1 Å². The van der Waals surface area contributed by atoms with Gasteiger partial charge in [0, 0.05) is 41.3 Å². The minimum absolute atomic E-state index is 0.0620. The minimum Gasteiger partial charge on any atom is -0.289 e. The molecule has 6 rings (SSSR count). The van der Waals surface area contributed by atoms with E-state index in [9.17, 15) is 0 Å². The largest absolute Gasteiger partial charge is 0.289 e. The first kappa shape index (κ1) is 16.9. The summed E-state index contributed by atoms with van der Waals surface area (Å²) < 4.78 is 2.01. The maximum atomic E-state index is 4.85. The quantitative estimate of drug-likeness (QED) is 0.557. The number of rotatable bonds is 4. The average molecular weight is 398 g/mol. The van der Waals surface area contributed by atoms with Gasteiger partial charge in [-0.25, -0.2) is 14.6 Å². The van der Waals surface area contributed by atoms with Crippen LogP contribution in [0.25, 0.3) is 22.5 Å².